The third kappa shape index (κ3) is 3.47. The maximum atomic E-state index is 12.7. The van der Waals surface area contributed by atoms with Gasteiger partial charge in [-0.2, -0.15) is 0 Å². The Labute approximate surface area is 144 Å². The van der Waals surface area contributed by atoms with E-state index in [-0.39, 0.29) is 6.04 Å². The molecule has 5 heteroatoms. The van der Waals surface area contributed by atoms with Crippen LogP contribution in [-0.2, 0) is 16.4 Å². The fraction of sp³-hybridized carbons (Fsp3) is 0.368. The minimum atomic E-state index is -3.54. The summed E-state index contributed by atoms with van der Waals surface area (Å²) in [5.41, 5.74) is 9.88. The van der Waals surface area contributed by atoms with Gasteiger partial charge < -0.3 is 5.73 Å². The molecule has 0 fully saturated rings. The van der Waals surface area contributed by atoms with E-state index in [1.165, 1.54) is 0 Å². The summed E-state index contributed by atoms with van der Waals surface area (Å²) in [6.07, 6.45) is 2.71. The van der Waals surface area contributed by atoms with Crippen molar-refractivity contribution in [3.8, 4) is 0 Å². The fourth-order valence-corrected chi connectivity index (χ4v) is 4.49. The molecule has 1 atom stereocenters. The van der Waals surface area contributed by atoms with Crippen LogP contribution in [0.4, 0.5) is 5.69 Å². The minimum absolute atomic E-state index is 0.191. The summed E-state index contributed by atoms with van der Waals surface area (Å²) >= 11 is 0. The molecule has 0 bridgehead atoms. The highest BCUT2D eigenvalue weighted by atomic mass is 32.2. The van der Waals surface area contributed by atoms with Crippen LogP contribution in [0.3, 0.4) is 0 Å². The van der Waals surface area contributed by atoms with E-state index in [1.807, 2.05) is 30.3 Å². The van der Waals surface area contributed by atoms with Crippen molar-refractivity contribution in [3.05, 3.63) is 59.2 Å². The number of sulfonamides is 1. The molecule has 24 heavy (non-hydrogen) atoms. The second-order valence-corrected chi connectivity index (χ2v) is 8.46. The van der Waals surface area contributed by atoms with E-state index in [2.05, 4.69) is 18.6 Å². The molecule has 0 saturated carbocycles. The van der Waals surface area contributed by atoms with E-state index in [1.54, 1.807) is 12.1 Å². The van der Waals surface area contributed by atoms with Gasteiger partial charge in [-0.05, 0) is 66.1 Å². The lowest BCUT2D eigenvalue weighted by atomic mass is 9.88. The number of nitrogen functional groups attached to an aromatic ring is 1. The van der Waals surface area contributed by atoms with Gasteiger partial charge in [0.1, 0.15) is 0 Å². The molecule has 1 aliphatic carbocycles. The Bertz CT molecular complexity index is 827. The second kappa shape index (κ2) is 6.57. The number of nitrogens with one attached hydrogen (secondary N) is 1. The van der Waals surface area contributed by atoms with Crippen LogP contribution < -0.4 is 10.5 Å². The number of hydrogen-bond donors (Lipinski definition) is 2. The van der Waals surface area contributed by atoms with Gasteiger partial charge >= 0.3 is 0 Å². The van der Waals surface area contributed by atoms with Gasteiger partial charge in [0.05, 0.1) is 4.90 Å². The Balaban J connectivity index is 1.85. The molecule has 128 valence electrons. The normalized spacial score (nSPS) is 17.7. The van der Waals surface area contributed by atoms with Gasteiger partial charge in [-0.1, -0.05) is 32.0 Å². The zero-order valence-electron chi connectivity index (χ0n) is 14.1. The maximum Gasteiger partial charge on any atom is 0.241 e. The predicted octanol–water partition coefficient (Wildman–Crippen LogP) is 3.75. The van der Waals surface area contributed by atoms with Gasteiger partial charge in [0.2, 0.25) is 10.0 Å². The first-order valence-corrected chi connectivity index (χ1v) is 9.86. The topological polar surface area (TPSA) is 72.2 Å². The second-order valence-electron chi connectivity index (χ2n) is 6.75. The minimum Gasteiger partial charge on any atom is -0.399 e. The number of benzene rings is 2. The van der Waals surface area contributed by atoms with E-state index in [4.69, 9.17) is 5.73 Å². The molecule has 2 aromatic carbocycles. The van der Waals surface area contributed by atoms with E-state index in [9.17, 15) is 8.42 Å². The summed E-state index contributed by atoms with van der Waals surface area (Å²) in [7, 11) is -3.54. The molecule has 0 amide bonds. The monoisotopic (exact) mass is 344 g/mol. The SMILES string of the molecule is CC(C)c1ccc(S(=O)(=O)NC2CCCc3cc(N)ccc32)cc1. The molecular weight excluding hydrogens is 320 g/mol. The molecule has 0 aliphatic heterocycles. The first-order valence-electron chi connectivity index (χ1n) is 8.37. The highest BCUT2D eigenvalue weighted by Crippen LogP contribution is 2.32. The van der Waals surface area contributed by atoms with Crippen LogP contribution in [0.2, 0.25) is 0 Å². The molecular formula is C19H24N2O2S. The molecule has 0 spiro atoms. The number of hydrogen-bond acceptors (Lipinski definition) is 3. The van der Waals surface area contributed by atoms with Crippen LogP contribution in [0.25, 0.3) is 0 Å². The molecule has 0 heterocycles. The Morgan fingerprint density at radius 1 is 1.12 bits per heavy atom. The van der Waals surface area contributed by atoms with Gasteiger partial charge in [-0.25, -0.2) is 13.1 Å². The fourth-order valence-electron chi connectivity index (χ4n) is 3.24. The van der Waals surface area contributed by atoms with Crippen molar-refractivity contribution in [3.63, 3.8) is 0 Å². The number of aryl methyl sites for hydroxylation is 1. The van der Waals surface area contributed by atoms with Crippen LogP contribution in [-0.4, -0.2) is 8.42 Å². The molecule has 0 saturated heterocycles. The molecule has 3 rings (SSSR count). The Hall–Kier alpha value is -1.85. The summed E-state index contributed by atoms with van der Waals surface area (Å²) in [4.78, 5) is 0.314. The van der Waals surface area contributed by atoms with Crippen molar-refractivity contribution in [2.45, 2.75) is 50.0 Å². The maximum absolute atomic E-state index is 12.7. The smallest absolute Gasteiger partial charge is 0.241 e. The predicted molar refractivity (Wildman–Crippen MR) is 97.4 cm³/mol. The molecule has 1 aliphatic rings. The van der Waals surface area contributed by atoms with Gasteiger partial charge in [0, 0.05) is 11.7 Å². The third-order valence-corrected chi connectivity index (χ3v) is 6.12. The largest absolute Gasteiger partial charge is 0.399 e. The van der Waals surface area contributed by atoms with Crippen molar-refractivity contribution >= 4 is 15.7 Å². The molecule has 4 nitrogen and oxygen atoms in total. The van der Waals surface area contributed by atoms with Gasteiger partial charge in [0.25, 0.3) is 0 Å². The zero-order valence-corrected chi connectivity index (χ0v) is 14.9. The van der Waals surface area contributed by atoms with Crippen molar-refractivity contribution in [1.82, 2.24) is 4.72 Å². The average Bonchev–Trinajstić information content (AvgIpc) is 2.54. The van der Waals surface area contributed by atoms with Gasteiger partial charge in [-0.3, -0.25) is 0 Å². The Morgan fingerprint density at radius 2 is 1.83 bits per heavy atom. The van der Waals surface area contributed by atoms with Crippen LogP contribution in [0.15, 0.2) is 47.4 Å². The van der Waals surface area contributed by atoms with Crippen molar-refractivity contribution in [2.75, 3.05) is 5.73 Å². The van der Waals surface area contributed by atoms with E-state index >= 15 is 0 Å². The number of anilines is 1. The lowest BCUT2D eigenvalue weighted by molar-refractivity contribution is 0.507. The molecule has 3 N–H and O–H groups in total. The van der Waals surface area contributed by atoms with Crippen molar-refractivity contribution < 1.29 is 8.42 Å². The van der Waals surface area contributed by atoms with Crippen LogP contribution >= 0.6 is 0 Å². The number of rotatable bonds is 4. The number of nitrogens with two attached hydrogens (primary N) is 1. The van der Waals surface area contributed by atoms with Crippen LogP contribution in [0, 0.1) is 0 Å². The zero-order chi connectivity index (χ0) is 17.3. The summed E-state index contributed by atoms with van der Waals surface area (Å²) in [6, 6.07) is 12.7. The summed E-state index contributed by atoms with van der Waals surface area (Å²) in [5.74, 6) is 0.380. The van der Waals surface area contributed by atoms with Gasteiger partial charge in [0.15, 0.2) is 0 Å². The first kappa shape index (κ1) is 17.0. The molecule has 0 radical (unpaired) electrons. The van der Waals surface area contributed by atoms with E-state index in [0.29, 0.717) is 10.8 Å². The number of fused-ring (bicyclic) bond motifs is 1. The molecule has 1 unspecified atom stereocenters. The van der Waals surface area contributed by atoms with Crippen LogP contribution in [0.1, 0.15) is 55.3 Å². The standard InChI is InChI=1S/C19H24N2O2S/c1-13(2)14-6-9-17(10-7-14)24(22,23)21-19-5-3-4-15-12-16(20)8-11-18(15)19/h6-13,19,21H,3-5,20H2,1-2H3. The molecule has 0 aromatic heterocycles. The summed E-state index contributed by atoms with van der Waals surface area (Å²) < 4.78 is 28.3. The Kier molecular flexibility index (Phi) is 4.65. The summed E-state index contributed by atoms with van der Waals surface area (Å²) in [6.45, 7) is 4.18. The third-order valence-electron chi connectivity index (χ3n) is 4.64. The van der Waals surface area contributed by atoms with Gasteiger partial charge in [-0.15, -0.1) is 0 Å². The lowest BCUT2D eigenvalue weighted by Crippen LogP contribution is -2.31. The first-order chi connectivity index (χ1) is 11.4. The van der Waals surface area contributed by atoms with Crippen LogP contribution in [0.5, 0.6) is 0 Å². The highest BCUT2D eigenvalue weighted by molar-refractivity contribution is 7.89. The van der Waals surface area contributed by atoms with E-state index < -0.39 is 10.0 Å². The van der Waals surface area contributed by atoms with Crippen molar-refractivity contribution in [2.24, 2.45) is 0 Å². The summed E-state index contributed by atoms with van der Waals surface area (Å²) in [5, 5.41) is 0. The lowest BCUT2D eigenvalue weighted by Gasteiger charge is -2.26. The van der Waals surface area contributed by atoms with Crippen molar-refractivity contribution in [1.29, 1.82) is 0 Å². The quantitative estimate of drug-likeness (QED) is 0.830. The Morgan fingerprint density at radius 3 is 2.50 bits per heavy atom. The highest BCUT2D eigenvalue weighted by Gasteiger charge is 2.25. The average molecular weight is 344 g/mol. The molecule has 2 aromatic rings. The van der Waals surface area contributed by atoms with E-state index in [0.717, 1.165) is 41.6 Å².